The Morgan fingerprint density at radius 3 is 2.61 bits per heavy atom. The van der Waals surface area contributed by atoms with Gasteiger partial charge in [0.15, 0.2) is 17.2 Å². The van der Waals surface area contributed by atoms with Gasteiger partial charge in [0, 0.05) is 43.1 Å². The fraction of sp³-hybridized carbons (Fsp3) is 0.208. The molecule has 0 atom stereocenters. The molecule has 0 saturated heterocycles. The number of nitrogens with one attached hydrogen (secondary N) is 1. The van der Waals surface area contributed by atoms with Crippen LogP contribution in [0.5, 0.6) is 23.0 Å². The molecule has 2 aromatic heterocycles. The van der Waals surface area contributed by atoms with Gasteiger partial charge in [-0.2, -0.15) is 5.10 Å². The molecule has 33 heavy (non-hydrogen) atoms. The van der Waals surface area contributed by atoms with Crippen LogP contribution in [0.15, 0.2) is 61.1 Å². The molecular weight excluding hydrogens is 422 g/mol. The first-order valence-electron chi connectivity index (χ1n) is 10.2. The van der Waals surface area contributed by atoms with E-state index in [9.17, 15) is 4.79 Å². The third-order valence-electron chi connectivity index (χ3n) is 5.00. The Kier molecular flexibility index (Phi) is 6.30. The van der Waals surface area contributed by atoms with Gasteiger partial charge >= 0.3 is 0 Å². The molecule has 0 bridgehead atoms. The molecule has 2 heterocycles. The van der Waals surface area contributed by atoms with Gasteiger partial charge in [0.2, 0.25) is 5.91 Å². The number of benzene rings is 2. The van der Waals surface area contributed by atoms with E-state index in [1.165, 1.54) is 4.68 Å². The third kappa shape index (κ3) is 4.98. The highest BCUT2D eigenvalue weighted by Crippen LogP contribution is 2.36. The molecule has 0 fully saturated rings. The van der Waals surface area contributed by atoms with Gasteiger partial charge in [-0.25, -0.2) is 0 Å². The summed E-state index contributed by atoms with van der Waals surface area (Å²) in [7, 11) is 7.05. The van der Waals surface area contributed by atoms with Gasteiger partial charge in [0.25, 0.3) is 0 Å². The Morgan fingerprint density at radius 2 is 1.85 bits per heavy atom. The van der Waals surface area contributed by atoms with Crippen molar-refractivity contribution in [3.63, 3.8) is 0 Å². The van der Waals surface area contributed by atoms with E-state index in [-0.39, 0.29) is 12.5 Å². The predicted molar refractivity (Wildman–Crippen MR) is 127 cm³/mol. The second-order valence-electron chi connectivity index (χ2n) is 7.50. The van der Waals surface area contributed by atoms with Crippen LogP contribution in [0.1, 0.15) is 0 Å². The van der Waals surface area contributed by atoms with Crippen molar-refractivity contribution < 1.29 is 19.0 Å². The molecular formula is C24H25N5O4. The number of carbonyl (C=O) groups excluding carboxylic acids is 1. The molecule has 0 saturated carbocycles. The van der Waals surface area contributed by atoms with Gasteiger partial charge in [0.05, 0.1) is 32.1 Å². The number of anilines is 2. The number of methoxy groups -OCH3 is 2. The second-order valence-corrected chi connectivity index (χ2v) is 7.50. The monoisotopic (exact) mass is 447 g/mol. The summed E-state index contributed by atoms with van der Waals surface area (Å²) in [6.45, 7) is 0.0532. The number of nitrogens with zero attached hydrogens (tertiary/aromatic N) is 4. The van der Waals surface area contributed by atoms with Crippen molar-refractivity contribution in [1.82, 2.24) is 14.8 Å². The highest BCUT2D eigenvalue weighted by molar-refractivity contribution is 5.91. The van der Waals surface area contributed by atoms with Crippen molar-refractivity contribution >= 4 is 28.2 Å². The van der Waals surface area contributed by atoms with E-state index in [0.717, 1.165) is 16.8 Å². The molecule has 0 aliphatic heterocycles. The van der Waals surface area contributed by atoms with Crippen molar-refractivity contribution in [2.45, 2.75) is 6.54 Å². The summed E-state index contributed by atoms with van der Waals surface area (Å²) < 4.78 is 18.3. The fourth-order valence-corrected chi connectivity index (χ4v) is 3.36. The molecule has 170 valence electrons. The first-order chi connectivity index (χ1) is 16.0. The van der Waals surface area contributed by atoms with Crippen molar-refractivity contribution in [2.75, 3.05) is 38.5 Å². The number of amides is 1. The quantitative estimate of drug-likeness (QED) is 0.437. The van der Waals surface area contributed by atoms with Crippen LogP contribution >= 0.6 is 0 Å². The fourth-order valence-electron chi connectivity index (χ4n) is 3.36. The van der Waals surface area contributed by atoms with Crippen LogP contribution in [0.2, 0.25) is 0 Å². The van der Waals surface area contributed by atoms with Gasteiger partial charge in [-0.05, 0) is 30.3 Å². The zero-order valence-corrected chi connectivity index (χ0v) is 18.9. The van der Waals surface area contributed by atoms with Crippen molar-refractivity contribution in [3.8, 4) is 23.0 Å². The first-order valence-corrected chi connectivity index (χ1v) is 10.2. The normalized spacial score (nSPS) is 10.7. The number of aromatic nitrogens is 3. The van der Waals surface area contributed by atoms with Crippen molar-refractivity contribution in [2.24, 2.45) is 0 Å². The van der Waals surface area contributed by atoms with Crippen LogP contribution in [-0.2, 0) is 11.3 Å². The summed E-state index contributed by atoms with van der Waals surface area (Å²) in [5.74, 6) is 2.06. The summed E-state index contributed by atoms with van der Waals surface area (Å²) in [6, 6.07) is 13.0. The largest absolute Gasteiger partial charge is 0.493 e. The average Bonchev–Trinajstić information content (AvgIpc) is 3.24. The van der Waals surface area contributed by atoms with E-state index < -0.39 is 0 Å². The molecule has 4 aromatic rings. The molecule has 0 unspecified atom stereocenters. The van der Waals surface area contributed by atoms with E-state index in [4.69, 9.17) is 14.2 Å². The van der Waals surface area contributed by atoms with Gasteiger partial charge in [0.1, 0.15) is 12.3 Å². The summed E-state index contributed by atoms with van der Waals surface area (Å²) in [5.41, 5.74) is 2.43. The van der Waals surface area contributed by atoms with Crippen LogP contribution in [0, 0.1) is 0 Å². The molecule has 0 spiro atoms. The van der Waals surface area contributed by atoms with E-state index >= 15 is 0 Å². The molecule has 4 rings (SSSR count). The minimum absolute atomic E-state index is 0.0532. The van der Waals surface area contributed by atoms with Gasteiger partial charge in [-0.1, -0.05) is 6.07 Å². The molecule has 0 aliphatic rings. The lowest BCUT2D eigenvalue weighted by Gasteiger charge is -2.14. The second kappa shape index (κ2) is 9.47. The predicted octanol–water partition coefficient (Wildman–Crippen LogP) is 3.95. The number of rotatable bonds is 8. The number of hydrogen-bond donors (Lipinski definition) is 1. The van der Waals surface area contributed by atoms with Gasteiger partial charge < -0.3 is 24.4 Å². The third-order valence-corrected chi connectivity index (χ3v) is 5.00. The van der Waals surface area contributed by atoms with Crippen molar-refractivity contribution in [1.29, 1.82) is 0 Å². The SMILES string of the molecule is COc1cc2nccc(Oc3cnn(CC(=O)Nc4cccc(N(C)C)c4)c3)c2cc1OC. The minimum atomic E-state index is -0.188. The van der Waals surface area contributed by atoms with Crippen LogP contribution < -0.4 is 24.4 Å². The highest BCUT2D eigenvalue weighted by atomic mass is 16.5. The van der Waals surface area contributed by atoms with E-state index in [2.05, 4.69) is 15.4 Å². The van der Waals surface area contributed by atoms with Gasteiger partial charge in [-0.3, -0.25) is 14.5 Å². The molecule has 1 amide bonds. The molecule has 1 N–H and O–H groups in total. The number of ether oxygens (including phenoxy) is 3. The van der Waals surface area contributed by atoms with E-state index in [1.54, 1.807) is 44.9 Å². The summed E-state index contributed by atoms with van der Waals surface area (Å²) in [6.07, 6.45) is 4.89. The number of carbonyl (C=O) groups is 1. The maximum atomic E-state index is 12.5. The summed E-state index contributed by atoms with van der Waals surface area (Å²) >= 11 is 0. The molecule has 0 aliphatic carbocycles. The molecule has 0 radical (unpaired) electrons. The molecule has 9 heteroatoms. The zero-order chi connectivity index (χ0) is 23.4. The Bertz CT molecular complexity index is 1290. The van der Waals surface area contributed by atoms with Crippen LogP contribution in [0.4, 0.5) is 11.4 Å². The topological polar surface area (TPSA) is 90.7 Å². The Morgan fingerprint density at radius 1 is 1.06 bits per heavy atom. The molecule has 2 aromatic carbocycles. The first kappa shape index (κ1) is 21.9. The maximum Gasteiger partial charge on any atom is 0.246 e. The van der Waals surface area contributed by atoms with E-state index in [1.807, 2.05) is 49.3 Å². The standard InChI is InChI=1S/C24H25N5O4/c1-28(2)17-7-5-6-16(10-17)27-24(30)15-29-14-18(13-26-29)33-21-8-9-25-20-12-23(32-4)22(31-3)11-19(20)21/h5-14H,15H2,1-4H3,(H,27,30). The lowest BCUT2D eigenvalue weighted by atomic mass is 10.2. The summed E-state index contributed by atoms with van der Waals surface area (Å²) in [5, 5.41) is 7.90. The maximum absolute atomic E-state index is 12.5. The van der Waals surface area contributed by atoms with Gasteiger partial charge in [-0.15, -0.1) is 0 Å². The number of fused-ring (bicyclic) bond motifs is 1. The smallest absolute Gasteiger partial charge is 0.246 e. The Labute approximate surface area is 191 Å². The number of hydrogen-bond acceptors (Lipinski definition) is 7. The van der Waals surface area contributed by atoms with E-state index in [0.29, 0.717) is 28.5 Å². The average molecular weight is 447 g/mol. The highest BCUT2D eigenvalue weighted by Gasteiger charge is 2.13. The van der Waals surface area contributed by atoms with Crippen LogP contribution in [0.25, 0.3) is 10.9 Å². The lowest BCUT2D eigenvalue weighted by Crippen LogP contribution is -2.19. The minimum Gasteiger partial charge on any atom is -0.493 e. The Hall–Kier alpha value is -4.27. The summed E-state index contributed by atoms with van der Waals surface area (Å²) in [4.78, 5) is 18.8. The van der Waals surface area contributed by atoms with Crippen molar-refractivity contribution in [3.05, 3.63) is 61.1 Å². The van der Waals surface area contributed by atoms with Crippen LogP contribution in [-0.4, -0.2) is 49.0 Å². The Balaban J connectivity index is 1.47. The number of pyridine rings is 1. The van der Waals surface area contributed by atoms with Crippen LogP contribution in [0.3, 0.4) is 0 Å². The zero-order valence-electron chi connectivity index (χ0n) is 18.9. The molecule has 9 nitrogen and oxygen atoms in total. The lowest BCUT2D eigenvalue weighted by molar-refractivity contribution is -0.116.